The lowest BCUT2D eigenvalue weighted by atomic mass is 9.99. The van der Waals surface area contributed by atoms with Crippen molar-refractivity contribution in [2.75, 3.05) is 13.1 Å². The molecule has 0 saturated heterocycles. The molecule has 1 atom stereocenters. The van der Waals surface area contributed by atoms with Crippen molar-refractivity contribution in [1.29, 1.82) is 0 Å². The smallest absolute Gasteiger partial charge is 0.0994 e. The fourth-order valence-electron chi connectivity index (χ4n) is 1.95. The summed E-state index contributed by atoms with van der Waals surface area (Å²) in [6.45, 7) is 4.31. The van der Waals surface area contributed by atoms with Gasteiger partial charge in [0.25, 0.3) is 0 Å². The fourth-order valence-corrected chi connectivity index (χ4v) is 1.95. The molecule has 0 spiro atoms. The lowest BCUT2D eigenvalue weighted by Gasteiger charge is -2.20. The van der Waals surface area contributed by atoms with Gasteiger partial charge in [-0.25, -0.2) is 0 Å². The van der Waals surface area contributed by atoms with Crippen molar-refractivity contribution in [2.24, 2.45) is 10.9 Å². The highest BCUT2D eigenvalue weighted by Crippen LogP contribution is 2.10. The Morgan fingerprint density at radius 2 is 2.13 bits per heavy atom. The van der Waals surface area contributed by atoms with Gasteiger partial charge in [0.1, 0.15) is 0 Å². The Labute approximate surface area is 91.4 Å². The molecule has 1 aliphatic rings. The van der Waals surface area contributed by atoms with Gasteiger partial charge in [0.15, 0.2) is 0 Å². The van der Waals surface area contributed by atoms with Gasteiger partial charge in [-0.05, 0) is 18.4 Å². The quantitative estimate of drug-likeness (QED) is 0.798. The van der Waals surface area contributed by atoms with Crippen LogP contribution in [-0.2, 0) is 6.42 Å². The fraction of sp³-hybridized carbons (Fsp3) is 0.462. The molecule has 0 fully saturated rings. The second kappa shape index (κ2) is 4.96. The summed E-state index contributed by atoms with van der Waals surface area (Å²) in [5.41, 5.74) is 1.39. The van der Waals surface area contributed by atoms with Gasteiger partial charge in [-0.3, -0.25) is 4.99 Å². The number of benzene rings is 1. The number of hydrogen-bond donors (Lipinski definition) is 1. The summed E-state index contributed by atoms with van der Waals surface area (Å²) < 4.78 is 0. The summed E-state index contributed by atoms with van der Waals surface area (Å²) in [4.78, 5) is 4.53. The molecular formula is C13H18N2. The molecule has 0 unspecified atom stereocenters. The van der Waals surface area contributed by atoms with Crippen LogP contribution in [0, 0.1) is 5.92 Å². The Morgan fingerprint density at radius 3 is 2.80 bits per heavy atom. The second-order valence-electron chi connectivity index (χ2n) is 4.14. The first-order valence-corrected chi connectivity index (χ1v) is 5.68. The van der Waals surface area contributed by atoms with Crippen LogP contribution < -0.4 is 5.32 Å². The van der Waals surface area contributed by atoms with Crippen molar-refractivity contribution in [2.45, 2.75) is 19.8 Å². The zero-order valence-corrected chi connectivity index (χ0v) is 9.24. The van der Waals surface area contributed by atoms with Gasteiger partial charge in [-0.15, -0.1) is 0 Å². The molecule has 2 nitrogen and oxygen atoms in total. The molecule has 0 bridgehead atoms. The first-order valence-electron chi connectivity index (χ1n) is 5.68. The maximum absolute atomic E-state index is 4.53. The molecule has 15 heavy (non-hydrogen) atoms. The Balaban J connectivity index is 1.97. The van der Waals surface area contributed by atoms with Gasteiger partial charge >= 0.3 is 0 Å². The second-order valence-corrected chi connectivity index (χ2v) is 4.14. The predicted octanol–water partition coefficient (Wildman–Crippen LogP) is 2.26. The molecule has 1 N–H and O–H groups in total. The minimum Gasteiger partial charge on any atom is -0.374 e. The van der Waals surface area contributed by atoms with Crippen LogP contribution in [0.25, 0.3) is 0 Å². The summed E-state index contributed by atoms with van der Waals surface area (Å²) in [5.74, 6) is 1.69. The molecule has 0 aliphatic carbocycles. The maximum Gasteiger partial charge on any atom is 0.0994 e. The predicted molar refractivity (Wildman–Crippen MR) is 64.2 cm³/mol. The molecule has 1 aliphatic heterocycles. The van der Waals surface area contributed by atoms with Gasteiger partial charge in [0, 0.05) is 19.0 Å². The first-order chi connectivity index (χ1) is 7.36. The van der Waals surface area contributed by atoms with E-state index in [0.717, 1.165) is 19.5 Å². The molecule has 1 aromatic rings. The lowest BCUT2D eigenvalue weighted by molar-refractivity contribution is 0.659. The van der Waals surface area contributed by atoms with E-state index in [1.165, 1.54) is 17.8 Å². The third kappa shape index (κ3) is 2.82. The third-order valence-corrected chi connectivity index (χ3v) is 2.77. The Morgan fingerprint density at radius 1 is 1.33 bits per heavy atom. The maximum atomic E-state index is 4.53. The van der Waals surface area contributed by atoms with Gasteiger partial charge in [-0.1, -0.05) is 37.3 Å². The number of hydrogen-bond acceptors (Lipinski definition) is 2. The summed E-state index contributed by atoms with van der Waals surface area (Å²) in [6.07, 6.45) is 2.24. The average molecular weight is 202 g/mol. The van der Waals surface area contributed by atoms with E-state index in [9.17, 15) is 0 Å². The highest BCUT2D eigenvalue weighted by atomic mass is 15.0. The minimum atomic E-state index is 0.507. The van der Waals surface area contributed by atoms with Crippen LogP contribution in [0.2, 0.25) is 0 Å². The Kier molecular flexibility index (Phi) is 3.38. The van der Waals surface area contributed by atoms with Gasteiger partial charge in [-0.2, -0.15) is 0 Å². The van der Waals surface area contributed by atoms with Crippen molar-refractivity contribution in [1.82, 2.24) is 5.32 Å². The zero-order valence-electron chi connectivity index (χ0n) is 9.24. The van der Waals surface area contributed by atoms with E-state index < -0.39 is 0 Å². The highest BCUT2D eigenvalue weighted by Gasteiger charge is 2.12. The largest absolute Gasteiger partial charge is 0.374 e. The van der Waals surface area contributed by atoms with Gasteiger partial charge < -0.3 is 5.32 Å². The molecule has 0 radical (unpaired) electrons. The van der Waals surface area contributed by atoms with E-state index in [1.807, 2.05) is 0 Å². The van der Waals surface area contributed by atoms with E-state index in [0.29, 0.717) is 5.92 Å². The topological polar surface area (TPSA) is 24.4 Å². The Bertz CT molecular complexity index is 330. The standard InChI is InChI=1S/C13H18N2/c1-11(13-14-8-5-9-15-13)10-12-6-3-2-4-7-12/h2-4,6-7,11H,5,8-10H2,1H3,(H,14,15)/t11-/m0/s1. The van der Waals surface area contributed by atoms with Crippen molar-refractivity contribution in [3.8, 4) is 0 Å². The monoisotopic (exact) mass is 202 g/mol. The van der Waals surface area contributed by atoms with Crippen molar-refractivity contribution >= 4 is 5.84 Å². The van der Waals surface area contributed by atoms with E-state index in [4.69, 9.17) is 0 Å². The molecule has 2 rings (SSSR count). The molecule has 0 saturated carbocycles. The van der Waals surface area contributed by atoms with Crippen LogP contribution in [0.5, 0.6) is 0 Å². The summed E-state index contributed by atoms with van der Waals surface area (Å²) in [7, 11) is 0. The van der Waals surface area contributed by atoms with Crippen LogP contribution in [0.4, 0.5) is 0 Å². The normalized spacial score (nSPS) is 17.8. The highest BCUT2D eigenvalue weighted by molar-refractivity contribution is 5.84. The van der Waals surface area contributed by atoms with Crippen molar-refractivity contribution in [3.05, 3.63) is 35.9 Å². The van der Waals surface area contributed by atoms with Crippen LogP contribution >= 0.6 is 0 Å². The SMILES string of the molecule is C[C@@H](Cc1ccccc1)C1=NCCCN1. The lowest BCUT2D eigenvalue weighted by Crippen LogP contribution is -2.35. The number of nitrogens with one attached hydrogen (secondary N) is 1. The van der Waals surface area contributed by atoms with E-state index >= 15 is 0 Å². The number of aliphatic imine (C=N–C) groups is 1. The van der Waals surface area contributed by atoms with Crippen LogP contribution in [0.1, 0.15) is 18.9 Å². The molecule has 2 heteroatoms. The molecule has 1 heterocycles. The number of nitrogens with zero attached hydrogens (tertiary/aromatic N) is 1. The molecule has 0 amide bonds. The molecular weight excluding hydrogens is 184 g/mol. The van der Waals surface area contributed by atoms with E-state index in [-0.39, 0.29) is 0 Å². The number of amidine groups is 1. The zero-order chi connectivity index (χ0) is 10.5. The van der Waals surface area contributed by atoms with Gasteiger partial charge in [0.2, 0.25) is 0 Å². The molecule has 80 valence electrons. The van der Waals surface area contributed by atoms with Crippen molar-refractivity contribution in [3.63, 3.8) is 0 Å². The summed E-state index contributed by atoms with van der Waals surface area (Å²) in [5, 5.41) is 3.39. The van der Waals surface area contributed by atoms with E-state index in [2.05, 4.69) is 47.6 Å². The third-order valence-electron chi connectivity index (χ3n) is 2.77. The van der Waals surface area contributed by atoms with Crippen molar-refractivity contribution < 1.29 is 0 Å². The van der Waals surface area contributed by atoms with Crippen LogP contribution in [0.3, 0.4) is 0 Å². The molecule has 0 aromatic heterocycles. The van der Waals surface area contributed by atoms with Gasteiger partial charge in [0.05, 0.1) is 5.84 Å². The number of rotatable bonds is 3. The summed E-state index contributed by atoms with van der Waals surface area (Å²) >= 11 is 0. The van der Waals surface area contributed by atoms with Crippen LogP contribution in [0.15, 0.2) is 35.3 Å². The summed E-state index contributed by atoms with van der Waals surface area (Å²) in [6, 6.07) is 10.6. The van der Waals surface area contributed by atoms with E-state index in [1.54, 1.807) is 0 Å². The average Bonchev–Trinajstić information content (AvgIpc) is 2.31. The first kappa shape index (κ1) is 10.2. The minimum absolute atomic E-state index is 0.507. The molecule has 1 aromatic carbocycles. The Hall–Kier alpha value is -1.31. The van der Waals surface area contributed by atoms with Crippen LogP contribution in [-0.4, -0.2) is 18.9 Å².